The molecule has 0 saturated carbocycles. The molecule has 54 heavy (non-hydrogen) atoms. The van der Waals surface area contributed by atoms with Crippen molar-refractivity contribution in [2.45, 2.75) is 30.2 Å². The number of thioether (sulfide) groups is 1. The molecule has 14 heteroatoms. The van der Waals surface area contributed by atoms with Crippen molar-refractivity contribution in [3.8, 4) is 16.9 Å². The molecule has 0 unspecified atom stereocenters. The molecule has 12 nitrogen and oxygen atoms in total. The van der Waals surface area contributed by atoms with Gasteiger partial charge >= 0.3 is 0 Å². The van der Waals surface area contributed by atoms with Gasteiger partial charge in [0.25, 0.3) is 21.6 Å². The van der Waals surface area contributed by atoms with E-state index in [4.69, 9.17) is 4.74 Å². The number of nitro groups is 1. The summed E-state index contributed by atoms with van der Waals surface area (Å²) in [5.74, 6) is 0.577. The van der Waals surface area contributed by atoms with Gasteiger partial charge in [0, 0.05) is 79.0 Å². The van der Waals surface area contributed by atoms with Crippen LogP contribution in [0.4, 0.5) is 17.1 Å². The Bertz CT molecular complexity index is 2200. The van der Waals surface area contributed by atoms with Crippen LogP contribution in [0.1, 0.15) is 28.4 Å². The topological polar surface area (TPSA) is 147 Å². The second kappa shape index (κ2) is 17.6. The Labute approximate surface area is 319 Å². The molecule has 1 saturated heterocycles. The maximum atomic E-state index is 13.1. The molecule has 0 atom stereocenters. The quantitative estimate of drug-likeness (QED) is 0.0491. The van der Waals surface area contributed by atoms with Gasteiger partial charge in [-0.15, -0.1) is 11.8 Å². The van der Waals surface area contributed by atoms with E-state index >= 15 is 0 Å². The van der Waals surface area contributed by atoms with Crippen LogP contribution >= 0.6 is 11.8 Å². The van der Waals surface area contributed by atoms with E-state index in [1.54, 1.807) is 42.2 Å². The van der Waals surface area contributed by atoms with Crippen molar-refractivity contribution in [1.29, 1.82) is 0 Å². The van der Waals surface area contributed by atoms with Gasteiger partial charge in [0.1, 0.15) is 11.4 Å². The van der Waals surface area contributed by atoms with Crippen LogP contribution in [0.15, 0.2) is 119 Å². The van der Waals surface area contributed by atoms with Gasteiger partial charge < -0.3 is 15.0 Å². The molecule has 0 spiro atoms. The summed E-state index contributed by atoms with van der Waals surface area (Å²) in [7, 11) is -4.39. The number of rotatable bonds is 15. The lowest BCUT2D eigenvalue weighted by atomic mass is 9.99. The Kier molecular flexibility index (Phi) is 12.5. The second-order valence-corrected chi connectivity index (χ2v) is 15.6. The van der Waals surface area contributed by atoms with Gasteiger partial charge in [-0.2, -0.15) is 0 Å². The van der Waals surface area contributed by atoms with Crippen LogP contribution in [0.2, 0.25) is 0 Å². The fourth-order valence-corrected chi connectivity index (χ4v) is 8.08. The van der Waals surface area contributed by atoms with E-state index in [2.05, 4.69) is 49.9 Å². The van der Waals surface area contributed by atoms with Gasteiger partial charge in [-0.25, -0.2) is 13.1 Å². The fourth-order valence-electron chi connectivity index (χ4n) is 6.30. The number of carbonyl (C=O) groups excluding carboxylic acids is 1. The SMILES string of the molecule is CCOc1cncc(-c2ccc(CN3CCN(c4ccc(C(=O)NS(=O)(=O)c5ccc(NCCSc6ccccc6)c([N+](=O)[O-])c5)cc4)CC3)cc2C)c1. The summed E-state index contributed by atoms with van der Waals surface area (Å²) in [4.78, 5) is 33.9. The monoisotopic (exact) mass is 766 g/mol. The molecule has 0 bridgehead atoms. The van der Waals surface area contributed by atoms with Crippen LogP contribution < -0.4 is 19.7 Å². The molecule has 2 heterocycles. The van der Waals surface area contributed by atoms with Gasteiger partial charge in [-0.3, -0.25) is 24.8 Å². The predicted molar refractivity (Wildman–Crippen MR) is 213 cm³/mol. The summed E-state index contributed by atoms with van der Waals surface area (Å²) in [6.07, 6.45) is 3.58. The number of pyridine rings is 1. The minimum Gasteiger partial charge on any atom is -0.492 e. The predicted octanol–water partition coefficient (Wildman–Crippen LogP) is 7.01. The smallest absolute Gasteiger partial charge is 0.293 e. The van der Waals surface area contributed by atoms with Crippen molar-refractivity contribution in [1.82, 2.24) is 14.6 Å². The molecular formula is C40H42N6O6S2. The molecule has 1 aliphatic rings. The first-order valence-electron chi connectivity index (χ1n) is 17.6. The number of piperazine rings is 1. The van der Waals surface area contributed by atoms with Crippen molar-refractivity contribution >= 4 is 44.8 Å². The number of aromatic nitrogens is 1. The van der Waals surface area contributed by atoms with Gasteiger partial charge in [0.05, 0.1) is 22.6 Å². The van der Waals surface area contributed by atoms with Crippen LogP contribution in [0.25, 0.3) is 11.1 Å². The Hall–Kier alpha value is -5.44. The van der Waals surface area contributed by atoms with Crippen LogP contribution in [0, 0.1) is 17.0 Å². The summed E-state index contributed by atoms with van der Waals surface area (Å²) >= 11 is 1.59. The van der Waals surface area contributed by atoms with Gasteiger partial charge in [0.15, 0.2) is 0 Å². The summed E-state index contributed by atoms with van der Waals surface area (Å²) in [5.41, 5.74) is 5.45. The first-order chi connectivity index (χ1) is 26.1. The third-order valence-electron chi connectivity index (χ3n) is 9.03. The van der Waals surface area contributed by atoms with E-state index in [1.807, 2.05) is 49.5 Å². The molecule has 5 aromatic rings. The fraction of sp³-hybridized carbons (Fsp3) is 0.250. The van der Waals surface area contributed by atoms with Gasteiger partial charge in [-0.05, 0) is 85.1 Å². The number of nitrogens with zero attached hydrogens (tertiary/aromatic N) is 4. The Morgan fingerprint density at radius 2 is 1.70 bits per heavy atom. The molecule has 1 amide bonds. The molecule has 1 fully saturated rings. The minimum absolute atomic E-state index is 0.156. The normalized spacial score (nSPS) is 13.3. The number of ether oxygens (including phenoxy) is 1. The van der Waals surface area contributed by atoms with Crippen LogP contribution in [-0.2, 0) is 16.6 Å². The van der Waals surface area contributed by atoms with Gasteiger partial charge in [0.2, 0.25) is 0 Å². The van der Waals surface area contributed by atoms with Crippen molar-refractivity contribution < 1.29 is 22.9 Å². The molecule has 2 N–H and O–H groups in total. The highest BCUT2D eigenvalue weighted by atomic mass is 32.2. The number of carbonyl (C=O) groups is 1. The third-order valence-corrected chi connectivity index (χ3v) is 11.4. The number of benzene rings is 4. The highest BCUT2D eigenvalue weighted by Gasteiger charge is 2.24. The first-order valence-corrected chi connectivity index (χ1v) is 20.1. The maximum Gasteiger partial charge on any atom is 0.293 e. The number of nitrogens with one attached hydrogen (secondary N) is 2. The van der Waals surface area contributed by atoms with E-state index in [0.717, 1.165) is 66.2 Å². The van der Waals surface area contributed by atoms with Crippen molar-refractivity contribution in [3.63, 3.8) is 0 Å². The first kappa shape index (κ1) is 38.3. The third kappa shape index (κ3) is 9.75. The van der Waals surface area contributed by atoms with Crippen molar-refractivity contribution in [3.05, 3.63) is 136 Å². The number of hydrogen-bond acceptors (Lipinski definition) is 11. The molecule has 6 rings (SSSR count). The summed E-state index contributed by atoms with van der Waals surface area (Å²) in [5, 5.41) is 14.8. The number of nitro benzene ring substituents is 1. The largest absolute Gasteiger partial charge is 0.492 e. The summed E-state index contributed by atoms with van der Waals surface area (Å²) < 4.78 is 33.9. The van der Waals surface area contributed by atoms with E-state index in [1.165, 1.54) is 23.3 Å². The molecule has 0 aliphatic carbocycles. The van der Waals surface area contributed by atoms with Gasteiger partial charge in [-0.1, -0.05) is 36.4 Å². The summed E-state index contributed by atoms with van der Waals surface area (Å²) in [6.45, 7) is 9.21. The summed E-state index contributed by atoms with van der Waals surface area (Å²) in [6, 6.07) is 28.6. The van der Waals surface area contributed by atoms with E-state index < -0.39 is 26.5 Å². The molecular weight excluding hydrogens is 725 g/mol. The Morgan fingerprint density at radius 3 is 2.41 bits per heavy atom. The molecule has 1 aliphatic heterocycles. The van der Waals surface area contributed by atoms with E-state index in [-0.39, 0.29) is 16.1 Å². The van der Waals surface area contributed by atoms with Crippen molar-refractivity contribution in [2.24, 2.45) is 0 Å². The Morgan fingerprint density at radius 1 is 0.944 bits per heavy atom. The number of amides is 1. The lowest BCUT2D eigenvalue weighted by Crippen LogP contribution is -2.46. The molecule has 4 aromatic carbocycles. The number of anilines is 2. The average molecular weight is 767 g/mol. The zero-order chi connectivity index (χ0) is 38.1. The lowest BCUT2D eigenvalue weighted by Gasteiger charge is -2.36. The standard InChI is InChI=1S/C40H42N6O6S2/c1-3-52-34-24-32(26-41-27-34)37-15-9-30(23-29(37)2)28-44-18-20-45(21-19-44)33-12-10-31(11-13-33)40(47)43-54(50,51)36-14-16-38(39(25-36)46(48)49)42-17-22-53-35-7-5-4-6-8-35/h4-16,23-27,42H,3,17-22,28H2,1-2H3,(H,43,47). The zero-order valence-electron chi connectivity index (χ0n) is 30.1. The molecule has 0 radical (unpaired) electrons. The van der Waals surface area contributed by atoms with Crippen molar-refractivity contribution in [2.75, 3.05) is 55.3 Å². The van der Waals surface area contributed by atoms with E-state index in [0.29, 0.717) is 18.9 Å². The zero-order valence-corrected chi connectivity index (χ0v) is 31.7. The number of hydrogen-bond donors (Lipinski definition) is 2. The highest BCUT2D eigenvalue weighted by molar-refractivity contribution is 7.99. The Balaban J connectivity index is 1.00. The minimum atomic E-state index is -4.39. The van der Waals surface area contributed by atoms with E-state index in [9.17, 15) is 23.3 Å². The molecule has 1 aromatic heterocycles. The number of aryl methyl sites for hydroxylation is 1. The maximum absolute atomic E-state index is 13.1. The second-order valence-electron chi connectivity index (χ2n) is 12.8. The molecule has 280 valence electrons. The highest BCUT2D eigenvalue weighted by Crippen LogP contribution is 2.29. The van der Waals surface area contributed by atoms with Crippen LogP contribution in [-0.4, -0.2) is 74.2 Å². The van der Waals surface area contributed by atoms with Crippen LogP contribution in [0.3, 0.4) is 0 Å². The van der Waals surface area contributed by atoms with Crippen LogP contribution in [0.5, 0.6) is 5.75 Å². The lowest BCUT2D eigenvalue weighted by molar-refractivity contribution is -0.384. The average Bonchev–Trinajstić information content (AvgIpc) is 3.17. The number of sulfonamides is 1.